The summed E-state index contributed by atoms with van der Waals surface area (Å²) in [6.07, 6.45) is 1.95. The van der Waals surface area contributed by atoms with E-state index < -0.39 is 15.8 Å². The van der Waals surface area contributed by atoms with Crippen molar-refractivity contribution >= 4 is 26.8 Å². The van der Waals surface area contributed by atoms with Gasteiger partial charge in [-0.3, -0.25) is 9.78 Å². The molecule has 6 nitrogen and oxygen atoms in total. The smallest absolute Gasteiger partial charge is 0.255 e. The molecule has 1 aromatic carbocycles. The van der Waals surface area contributed by atoms with Crippen LogP contribution in [0.2, 0.25) is 0 Å². The highest BCUT2D eigenvalue weighted by Gasteiger charge is 2.28. The van der Waals surface area contributed by atoms with Crippen molar-refractivity contribution in [3.63, 3.8) is 0 Å². The number of piperazine rings is 1. The summed E-state index contributed by atoms with van der Waals surface area (Å²) in [5.41, 5.74) is 1.38. The minimum absolute atomic E-state index is 0.125. The lowest BCUT2D eigenvalue weighted by Crippen LogP contribution is -2.51. The maximum absolute atomic E-state index is 13.9. The topological polar surface area (TPSA) is 70.6 Å². The number of halogens is 1. The van der Waals surface area contributed by atoms with Crippen LogP contribution >= 0.6 is 0 Å². The van der Waals surface area contributed by atoms with E-state index in [0.29, 0.717) is 43.5 Å². The number of carbonyl (C=O) groups excluding carboxylic acids is 1. The predicted octanol–water partition coefficient (Wildman–Crippen LogP) is 2.18. The molecule has 1 aliphatic rings. The first-order valence-electron chi connectivity index (χ1n) is 8.65. The molecular weight excluding hydrogens is 357 g/mol. The molecular formula is C18H22FN3O3S. The Kier molecular flexibility index (Phi) is 5.24. The van der Waals surface area contributed by atoms with Crippen LogP contribution in [0.15, 0.2) is 24.4 Å². The lowest BCUT2D eigenvalue weighted by atomic mass is 10.1. The van der Waals surface area contributed by atoms with Crippen LogP contribution in [0, 0.1) is 12.7 Å². The van der Waals surface area contributed by atoms with Crippen LogP contribution in [0.5, 0.6) is 0 Å². The number of hydrogen-bond donors (Lipinski definition) is 0. The van der Waals surface area contributed by atoms with E-state index in [4.69, 9.17) is 0 Å². The normalized spacial score (nSPS) is 16.2. The molecule has 0 saturated carbocycles. The lowest BCUT2D eigenvalue weighted by Gasteiger charge is -2.34. The summed E-state index contributed by atoms with van der Waals surface area (Å²) >= 11 is 0. The summed E-state index contributed by atoms with van der Waals surface area (Å²) in [5.74, 6) is -0.497. The second-order valence-electron chi connectivity index (χ2n) is 6.55. The SMILES string of the molecule is CCCS(=O)(=O)N1CCN(C(=O)c2cnc3c(F)cc(C)cc3c2)CC1. The molecule has 2 aromatic rings. The van der Waals surface area contributed by atoms with Crippen molar-refractivity contribution in [3.8, 4) is 0 Å². The van der Waals surface area contributed by atoms with Crippen LogP contribution in [-0.4, -0.2) is 60.4 Å². The van der Waals surface area contributed by atoms with Gasteiger partial charge in [0.1, 0.15) is 11.3 Å². The van der Waals surface area contributed by atoms with Crippen molar-refractivity contribution in [1.29, 1.82) is 0 Å². The number of sulfonamides is 1. The fourth-order valence-electron chi connectivity index (χ4n) is 3.20. The molecule has 1 aliphatic heterocycles. The number of nitrogens with zero attached hydrogens (tertiary/aromatic N) is 3. The molecule has 1 saturated heterocycles. The molecule has 0 spiro atoms. The van der Waals surface area contributed by atoms with Crippen molar-refractivity contribution in [3.05, 3.63) is 41.3 Å². The minimum Gasteiger partial charge on any atom is -0.336 e. The van der Waals surface area contributed by atoms with Gasteiger partial charge in [-0.1, -0.05) is 6.92 Å². The average Bonchev–Trinajstić information content (AvgIpc) is 2.60. The fourth-order valence-corrected chi connectivity index (χ4v) is 4.70. The van der Waals surface area contributed by atoms with Crippen LogP contribution in [0.3, 0.4) is 0 Å². The molecule has 0 unspecified atom stereocenters. The maximum atomic E-state index is 13.9. The molecule has 2 heterocycles. The summed E-state index contributed by atoms with van der Waals surface area (Å²) in [5, 5.41) is 0.581. The Labute approximate surface area is 152 Å². The Hall–Kier alpha value is -2.06. The molecule has 0 aliphatic carbocycles. The molecule has 1 amide bonds. The van der Waals surface area contributed by atoms with Crippen molar-refractivity contribution < 1.29 is 17.6 Å². The van der Waals surface area contributed by atoms with E-state index in [1.165, 1.54) is 16.6 Å². The highest BCUT2D eigenvalue weighted by molar-refractivity contribution is 7.89. The Morgan fingerprint density at radius 3 is 2.54 bits per heavy atom. The standard InChI is InChI=1S/C18H22FN3O3S/c1-3-8-26(24,25)22-6-4-21(5-7-22)18(23)15-11-14-9-13(2)10-16(19)17(14)20-12-15/h9-12H,3-8H2,1-2H3. The van der Waals surface area contributed by atoms with Gasteiger partial charge in [-0.15, -0.1) is 0 Å². The zero-order valence-corrected chi connectivity index (χ0v) is 15.7. The summed E-state index contributed by atoms with van der Waals surface area (Å²) in [6, 6.07) is 4.84. The van der Waals surface area contributed by atoms with Crippen LogP contribution in [0.4, 0.5) is 4.39 Å². The number of benzene rings is 1. The van der Waals surface area contributed by atoms with E-state index >= 15 is 0 Å². The first-order chi connectivity index (χ1) is 12.3. The molecule has 0 bridgehead atoms. The summed E-state index contributed by atoms with van der Waals surface area (Å²) in [6.45, 7) is 4.87. The highest BCUT2D eigenvalue weighted by Crippen LogP contribution is 2.20. The van der Waals surface area contributed by atoms with Gasteiger partial charge in [0.25, 0.3) is 5.91 Å². The molecule has 1 aromatic heterocycles. The van der Waals surface area contributed by atoms with Crippen molar-refractivity contribution in [2.75, 3.05) is 31.9 Å². The zero-order valence-electron chi connectivity index (χ0n) is 14.9. The zero-order chi connectivity index (χ0) is 18.9. The van der Waals surface area contributed by atoms with Crippen molar-refractivity contribution in [1.82, 2.24) is 14.2 Å². The Morgan fingerprint density at radius 1 is 1.19 bits per heavy atom. The van der Waals surface area contributed by atoms with Gasteiger partial charge in [-0.2, -0.15) is 4.31 Å². The number of amides is 1. The number of pyridine rings is 1. The monoisotopic (exact) mass is 379 g/mol. The first-order valence-corrected chi connectivity index (χ1v) is 10.3. The van der Waals surface area contributed by atoms with E-state index in [0.717, 1.165) is 5.56 Å². The summed E-state index contributed by atoms with van der Waals surface area (Å²) < 4.78 is 39.6. The van der Waals surface area contributed by atoms with Gasteiger partial charge in [0.05, 0.1) is 11.3 Å². The van der Waals surface area contributed by atoms with Crippen LogP contribution in [-0.2, 0) is 10.0 Å². The maximum Gasteiger partial charge on any atom is 0.255 e. The highest BCUT2D eigenvalue weighted by atomic mass is 32.2. The van der Waals surface area contributed by atoms with Gasteiger partial charge >= 0.3 is 0 Å². The number of rotatable bonds is 4. The number of hydrogen-bond acceptors (Lipinski definition) is 4. The van der Waals surface area contributed by atoms with E-state index in [9.17, 15) is 17.6 Å². The molecule has 1 fully saturated rings. The third-order valence-corrected chi connectivity index (χ3v) is 6.59. The molecule has 0 radical (unpaired) electrons. The van der Waals surface area contributed by atoms with Gasteiger partial charge in [0.15, 0.2) is 0 Å². The van der Waals surface area contributed by atoms with Crippen molar-refractivity contribution in [2.45, 2.75) is 20.3 Å². The molecule has 140 valence electrons. The molecule has 0 atom stereocenters. The average molecular weight is 379 g/mol. The van der Waals surface area contributed by atoms with Gasteiger partial charge in [-0.05, 0) is 37.1 Å². The number of aryl methyl sites for hydroxylation is 1. The van der Waals surface area contributed by atoms with E-state index in [1.807, 2.05) is 6.92 Å². The van der Waals surface area contributed by atoms with Gasteiger partial charge in [-0.25, -0.2) is 12.8 Å². The lowest BCUT2D eigenvalue weighted by molar-refractivity contribution is 0.0697. The second kappa shape index (κ2) is 7.28. The molecule has 26 heavy (non-hydrogen) atoms. The van der Waals surface area contributed by atoms with Gasteiger partial charge < -0.3 is 4.90 Å². The molecule has 3 rings (SSSR count). The van der Waals surface area contributed by atoms with Gasteiger partial charge in [0, 0.05) is 37.8 Å². The second-order valence-corrected chi connectivity index (χ2v) is 8.64. The number of aromatic nitrogens is 1. The minimum atomic E-state index is -3.24. The van der Waals surface area contributed by atoms with E-state index in [1.54, 1.807) is 24.0 Å². The largest absolute Gasteiger partial charge is 0.336 e. The Morgan fingerprint density at radius 2 is 1.88 bits per heavy atom. The van der Waals surface area contributed by atoms with E-state index in [-0.39, 0.29) is 17.2 Å². The van der Waals surface area contributed by atoms with Crippen LogP contribution in [0.1, 0.15) is 29.3 Å². The quantitative estimate of drug-likeness (QED) is 0.816. The summed E-state index contributed by atoms with van der Waals surface area (Å²) in [4.78, 5) is 18.4. The third-order valence-electron chi connectivity index (χ3n) is 4.51. The first kappa shape index (κ1) is 18.7. The van der Waals surface area contributed by atoms with Crippen molar-refractivity contribution in [2.24, 2.45) is 0 Å². The molecule has 8 heteroatoms. The third kappa shape index (κ3) is 3.71. The number of carbonyl (C=O) groups is 1. The predicted molar refractivity (Wildman–Crippen MR) is 98.0 cm³/mol. The molecule has 0 N–H and O–H groups in total. The fraction of sp³-hybridized carbons (Fsp3) is 0.444. The Bertz CT molecular complexity index is 938. The van der Waals surface area contributed by atoms with E-state index in [2.05, 4.69) is 4.98 Å². The van der Waals surface area contributed by atoms with Crippen LogP contribution in [0.25, 0.3) is 10.9 Å². The Balaban J connectivity index is 1.76. The summed E-state index contributed by atoms with van der Waals surface area (Å²) in [7, 11) is -3.24. The van der Waals surface area contributed by atoms with Gasteiger partial charge in [0.2, 0.25) is 10.0 Å². The number of fused-ring (bicyclic) bond motifs is 1. The van der Waals surface area contributed by atoms with Crippen LogP contribution < -0.4 is 0 Å².